The number of thiazole rings is 1. The fraction of sp³-hybridized carbons (Fsp3) is 0.200. The van der Waals surface area contributed by atoms with Gasteiger partial charge in [0.2, 0.25) is 0 Å². The van der Waals surface area contributed by atoms with Crippen LogP contribution in [0.5, 0.6) is 0 Å². The predicted molar refractivity (Wildman–Crippen MR) is 45.5 cm³/mol. The normalized spacial score (nSPS) is 8.82. The number of aryl methyl sites for hydroxylation is 1. The van der Waals surface area contributed by atoms with Gasteiger partial charge in [-0.15, -0.1) is 12.4 Å². The average Bonchev–Trinajstić information content (AvgIpc) is 2.10. The number of halogens is 1. The van der Waals surface area contributed by atoms with Crippen molar-refractivity contribution in [3.05, 3.63) is 10.6 Å². The van der Waals surface area contributed by atoms with Gasteiger partial charge in [-0.1, -0.05) is 11.3 Å². The van der Waals surface area contributed by atoms with Crippen LogP contribution in [0.2, 0.25) is 0 Å². The van der Waals surface area contributed by atoms with E-state index in [9.17, 15) is 4.79 Å². The zero-order chi connectivity index (χ0) is 7.72. The molecule has 11 heavy (non-hydrogen) atoms. The number of carboxylic acid groups (broad SMARTS) is 1. The van der Waals surface area contributed by atoms with Crippen LogP contribution in [0, 0.1) is 6.92 Å². The third-order valence-electron chi connectivity index (χ3n) is 1.01. The number of anilines is 1. The number of nitrogen functional groups attached to an aromatic ring is 1. The monoisotopic (exact) mass is 194 g/mol. The van der Waals surface area contributed by atoms with Crippen LogP contribution in [0.3, 0.4) is 0 Å². The van der Waals surface area contributed by atoms with Crippen molar-refractivity contribution in [2.75, 3.05) is 5.73 Å². The van der Waals surface area contributed by atoms with Crippen molar-refractivity contribution < 1.29 is 9.90 Å². The maximum absolute atomic E-state index is 10.3. The van der Waals surface area contributed by atoms with Gasteiger partial charge in [0.25, 0.3) is 0 Å². The second-order valence-corrected chi connectivity index (χ2v) is 2.80. The molecule has 0 atom stereocenters. The minimum Gasteiger partial charge on any atom is -0.477 e. The molecule has 1 heterocycles. The van der Waals surface area contributed by atoms with Crippen molar-refractivity contribution in [3.63, 3.8) is 0 Å². The highest BCUT2D eigenvalue weighted by Crippen LogP contribution is 2.18. The zero-order valence-electron chi connectivity index (χ0n) is 5.70. The molecule has 1 aromatic heterocycles. The Morgan fingerprint density at radius 1 is 1.73 bits per heavy atom. The van der Waals surface area contributed by atoms with E-state index < -0.39 is 5.97 Å². The lowest BCUT2D eigenvalue weighted by Crippen LogP contribution is -1.94. The number of nitrogens with zero attached hydrogens (tertiary/aromatic N) is 1. The summed E-state index contributed by atoms with van der Waals surface area (Å²) in [6, 6.07) is 0. The molecular formula is C5H7ClN2O2S. The molecule has 0 bridgehead atoms. The van der Waals surface area contributed by atoms with Gasteiger partial charge in [0.05, 0.1) is 5.69 Å². The van der Waals surface area contributed by atoms with Crippen molar-refractivity contribution in [3.8, 4) is 0 Å². The first-order chi connectivity index (χ1) is 4.61. The van der Waals surface area contributed by atoms with Crippen LogP contribution >= 0.6 is 23.7 Å². The molecule has 62 valence electrons. The van der Waals surface area contributed by atoms with Gasteiger partial charge >= 0.3 is 5.97 Å². The molecular weight excluding hydrogens is 188 g/mol. The second kappa shape index (κ2) is 3.54. The van der Waals surface area contributed by atoms with Crippen molar-refractivity contribution in [2.24, 2.45) is 0 Å². The first-order valence-electron chi connectivity index (χ1n) is 2.57. The van der Waals surface area contributed by atoms with E-state index in [1.807, 2.05) is 0 Å². The fourth-order valence-corrected chi connectivity index (χ4v) is 1.29. The molecule has 0 saturated heterocycles. The first kappa shape index (κ1) is 10.2. The molecule has 0 radical (unpaired) electrons. The smallest absolute Gasteiger partial charge is 0.347 e. The van der Waals surface area contributed by atoms with Crippen molar-refractivity contribution in [2.45, 2.75) is 6.92 Å². The van der Waals surface area contributed by atoms with Gasteiger partial charge < -0.3 is 10.8 Å². The summed E-state index contributed by atoms with van der Waals surface area (Å²) < 4.78 is 0. The van der Waals surface area contributed by atoms with Crippen LogP contribution in [0.4, 0.5) is 5.13 Å². The molecule has 0 fully saturated rings. The van der Waals surface area contributed by atoms with E-state index in [4.69, 9.17) is 10.8 Å². The van der Waals surface area contributed by atoms with Gasteiger partial charge in [-0.3, -0.25) is 0 Å². The van der Waals surface area contributed by atoms with Gasteiger partial charge in [-0.2, -0.15) is 0 Å². The number of hydrogen-bond acceptors (Lipinski definition) is 4. The van der Waals surface area contributed by atoms with Crippen LogP contribution in [0.15, 0.2) is 0 Å². The van der Waals surface area contributed by atoms with Crippen LogP contribution in [0.25, 0.3) is 0 Å². The molecule has 0 spiro atoms. The number of nitrogens with two attached hydrogens (primary N) is 1. The van der Waals surface area contributed by atoms with E-state index in [2.05, 4.69) is 4.98 Å². The Balaban J connectivity index is 0.000001000. The van der Waals surface area contributed by atoms with E-state index >= 15 is 0 Å². The Bertz CT molecular complexity index is 273. The molecule has 0 aliphatic heterocycles. The van der Waals surface area contributed by atoms with Crippen LogP contribution in [-0.2, 0) is 0 Å². The Labute approximate surface area is 73.5 Å². The fourth-order valence-electron chi connectivity index (χ4n) is 0.616. The highest BCUT2D eigenvalue weighted by atomic mass is 35.5. The minimum atomic E-state index is -0.966. The molecule has 0 aliphatic rings. The summed E-state index contributed by atoms with van der Waals surface area (Å²) in [5.74, 6) is -0.966. The molecule has 0 aromatic carbocycles. The summed E-state index contributed by atoms with van der Waals surface area (Å²) in [5, 5.41) is 8.79. The molecule has 4 nitrogen and oxygen atoms in total. The number of hydrogen-bond donors (Lipinski definition) is 2. The van der Waals surface area contributed by atoms with Gasteiger partial charge in [0.15, 0.2) is 5.13 Å². The third kappa shape index (κ3) is 2.06. The van der Waals surface area contributed by atoms with Crippen LogP contribution < -0.4 is 5.73 Å². The lowest BCUT2D eigenvalue weighted by atomic mass is 10.4. The number of carboxylic acids is 1. The maximum atomic E-state index is 10.3. The quantitative estimate of drug-likeness (QED) is 0.703. The van der Waals surface area contributed by atoms with E-state index in [1.165, 1.54) is 0 Å². The van der Waals surface area contributed by atoms with E-state index in [0.29, 0.717) is 10.8 Å². The Kier molecular flexibility index (Phi) is 3.28. The van der Waals surface area contributed by atoms with E-state index in [1.54, 1.807) is 6.92 Å². The third-order valence-corrected chi connectivity index (χ3v) is 1.98. The minimum absolute atomic E-state index is 0. The SMILES string of the molecule is Cc1nc(N)sc1C(=O)O.Cl. The molecule has 1 aromatic rings. The summed E-state index contributed by atoms with van der Waals surface area (Å²) in [6.07, 6.45) is 0. The lowest BCUT2D eigenvalue weighted by molar-refractivity contribution is 0.0701. The molecule has 0 saturated carbocycles. The molecule has 0 aliphatic carbocycles. The summed E-state index contributed by atoms with van der Waals surface area (Å²) >= 11 is 0.990. The molecule has 0 amide bonds. The molecule has 6 heteroatoms. The largest absolute Gasteiger partial charge is 0.477 e. The maximum Gasteiger partial charge on any atom is 0.347 e. The zero-order valence-corrected chi connectivity index (χ0v) is 7.33. The molecule has 3 N–H and O–H groups in total. The standard InChI is InChI=1S/C5H6N2O2S.ClH/c1-2-3(4(8)9)10-5(6)7-2;/h1H3,(H2,6,7)(H,8,9);1H. The first-order valence-corrected chi connectivity index (χ1v) is 3.39. The summed E-state index contributed by atoms with van der Waals surface area (Å²) in [5.41, 5.74) is 5.74. The average molecular weight is 195 g/mol. The second-order valence-electron chi connectivity index (χ2n) is 1.77. The summed E-state index contributed by atoms with van der Waals surface area (Å²) in [4.78, 5) is 14.3. The number of aromatic nitrogens is 1. The van der Waals surface area contributed by atoms with E-state index in [-0.39, 0.29) is 17.3 Å². The summed E-state index contributed by atoms with van der Waals surface area (Å²) in [7, 11) is 0. The van der Waals surface area contributed by atoms with Crippen LogP contribution in [-0.4, -0.2) is 16.1 Å². The van der Waals surface area contributed by atoms with Crippen molar-refractivity contribution in [1.29, 1.82) is 0 Å². The Hall–Kier alpha value is -0.810. The Morgan fingerprint density at radius 2 is 2.27 bits per heavy atom. The predicted octanol–water partition coefficient (Wildman–Crippen LogP) is 1.15. The number of aromatic carboxylic acids is 1. The van der Waals surface area contributed by atoms with Gasteiger partial charge in [0.1, 0.15) is 4.88 Å². The van der Waals surface area contributed by atoms with Gasteiger partial charge in [-0.25, -0.2) is 9.78 Å². The van der Waals surface area contributed by atoms with Gasteiger partial charge in [0, 0.05) is 0 Å². The van der Waals surface area contributed by atoms with Gasteiger partial charge in [-0.05, 0) is 6.92 Å². The number of carbonyl (C=O) groups is 1. The Morgan fingerprint density at radius 3 is 2.45 bits per heavy atom. The summed E-state index contributed by atoms with van der Waals surface area (Å²) in [6.45, 7) is 1.62. The molecule has 1 rings (SSSR count). The van der Waals surface area contributed by atoms with Crippen molar-refractivity contribution in [1.82, 2.24) is 4.98 Å². The number of rotatable bonds is 1. The highest BCUT2D eigenvalue weighted by molar-refractivity contribution is 7.17. The lowest BCUT2D eigenvalue weighted by Gasteiger charge is -1.84. The highest BCUT2D eigenvalue weighted by Gasteiger charge is 2.11. The van der Waals surface area contributed by atoms with Crippen molar-refractivity contribution >= 4 is 34.8 Å². The topological polar surface area (TPSA) is 76.2 Å². The van der Waals surface area contributed by atoms with Crippen LogP contribution in [0.1, 0.15) is 15.4 Å². The van der Waals surface area contributed by atoms with E-state index in [0.717, 1.165) is 11.3 Å². The molecule has 0 unspecified atom stereocenters.